The molecule has 7 nitrogen and oxygen atoms in total. The molecular formula is C23H29N3O4. The fourth-order valence-corrected chi connectivity index (χ4v) is 4.75. The number of furan rings is 1. The highest BCUT2D eigenvalue weighted by atomic mass is 16.3. The van der Waals surface area contributed by atoms with Gasteiger partial charge in [0, 0.05) is 26.2 Å². The average Bonchev–Trinajstić information content (AvgIpc) is 3.43. The molecule has 2 fully saturated rings. The fourth-order valence-electron chi connectivity index (χ4n) is 4.75. The Hall–Kier alpha value is -2.83. The average molecular weight is 412 g/mol. The monoisotopic (exact) mass is 411 g/mol. The van der Waals surface area contributed by atoms with E-state index in [1.54, 1.807) is 12.1 Å². The summed E-state index contributed by atoms with van der Waals surface area (Å²) in [5.74, 6) is -0.172. The second kappa shape index (κ2) is 8.50. The lowest BCUT2D eigenvalue weighted by Crippen LogP contribution is -2.48. The lowest BCUT2D eigenvalue weighted by atomic mass is 9.77. The van der Waals surface area contributed by atoms with E-state index in [1.807, 2.05) is 22.8 Å². The third-order valence-electron chi connectivity index (χ3n) is 6.73. The molecule has 0 radical (unpaired) electrons. The summed E-state index contributed by atoms with van der Waals surface area (Å²) in [6.07, 6.45) is 11.3. The Morgan fingerprint density at radius 3 is 2.57 bits per heavy atom. The summed E-state index contributed by atoms with van der Waals surface area (Å²) in [5.41, 5.74) is 1.25. The first-order valence-electron chi connectivity index (χ1n) is 10.7. The highest BCUT2D eigenvalue weighted by Gasteiger charge is 2.43. The van der Waals surface area contributed by atoms with Crippen molar-refractivity contribution in [2.45, 2.75) is 32.6 Å². The van der Waals surface area contributed by atoms with E-state index in [0.717, 1.165) is 44.3 Å². The SMILES string of the molecule is CC1=CCC=CC1C(=O)N1CCC2(CCN(C(=O)CNC(=O)c3ccco3)CC2)C1. The van der Waals surface area contributed by atoms with E-state index in [4.69, 9.17) is 4.42 Å². The zero-order valence-corrected chi connectivity index (χ0v) is 17.4. The van der Waals surface area contributed by atoms with Crippen LogP contribution in [0, 0.1) is 11.3 Å². The smallest absolute Gasteiger partial charge is 0.287 e. The molecule has 1 N–H and O–H groups in total. The molecule has 2 aliphatic heterocycles. The van der Waals surface area contributed by atoms with Crippen molar-refractivity contribution >= 4 is 17.7 Å². The summed E-state index contributed by atoms with van der Waals surface area (Å²) in [5, 5.41) is 2.62. The summed E-state index contributed by atoms with van der Waals surface area (Å²) < 4.78 is 5.04. The number of hydrogen-bond acceptors (Lipinski definition) is 4. The number of carbonyl (C=O) groups is 3. The van der Waals surface area contributed by atoms with Gasteiger partial charge in [-0.2, -0.15) is 0 Å². The van der Waals surface area contributed by atoms with Gasteiger partial charge in [0.1, 0.15) is 0 Å². The van der Waals surface area contributed by atoms with Crippen LogP contribution in [0.5, 0.6) is 0 Å². The lowest BCUT2D eigenvalue weighted by Gasteiger charge is -2.39. The van der Waals surface area contributed by atoms with Crippen molar-refractivity contribution in [2.75, 3.05) is 32.7 Å². The molecule has 3 aliphatic rings. The van der Waals surface area contributed by atoms with E-state index < -0.39 is 0 Å². The van der Waals surface area contributed by atoms with E-state index in [2.05, 4.69) is 17.5 Å². The molecule has 0 bridgehead atoms. The summed E-state index contributed by atoms with van der Waals surface area (Å²) in [6, 6.07) is 3.20. The third-order valence-corrected chi connectivity index (χ3v) is 6.73. The number of piperidine rings is 1. The van der Waals surface area contributed by atoms with Crippen LogP contribution in [-0.2, 0) is 9.59 Å². The second-order valence-corrected chi connectivity index (χ2v) is 8.64. The van der Waals surface area contributed by atoms with Crippen molar-refractivity contribution in [2.24, 2.45) is 11.3 Å². The number of carbonyl (C=O) groups excluding carboxylic acids is 3. The molecule has 0 saturated carbocycles. The Kier molecular flexibility index (Phi) is 5.79. The summed E-state index contributed by atoms with van der Waals surface area (Å²) in [6.45, 7) is 4.91. The summed E-state index contributed by atoms with van der Waals surface area (Å²) in [7, 11) is 0. The topological polar surface area (TPSA) is 82.9 Å². The van der Waals surface area contributed by atoms with Crippen LogP contribution in [-0.4, -0.2) is 60.2 Å². The molecule has 1 unspecified atom stereocenters. The highest BCUT2D eigenvalue weighted by molar-refractivity contribution is 5.94. The molecule has 1 aliphatic carbocycles. The zero-order chi connectivity index (χ0) is 21.1. The third kappa shape index (κ3) is 4.20. The van der Waals surface area contributed by atoms with Crippen LogP contribution in [0.15, 0.2) is 46.6 Å². The normalized spacial score (nSPS) is 22.8. The minimum atomic E-state index is -0.382. The van der Waals surface area contributed by atoms with Crippen LogP contribution in [0.3, 0.4) is 0 Å². The minimum Gasteiger partial charge on any atom is -0.459 e. The zero-order valence-electron chi connectivity index (χ0n) is 17.4. The first-order valence-corrected chi connectivity index (χ1v) is 10.7. The van der Waals surface area contributed by atoms with Gasteiger partial charge in [-0.05, 0) is 50.2 Å². The lowest BCUT2D eigenvalue weighted by molar-refractivity contribution is -0.134. The van der Waals surface area contributed by atoms with Crippen LogP contribution >= 0.6 is 0 Å². The van der Waals surface area contributed by atoms with Gasteiger partial charge < -0.3 is 19.5 Å². The van der Waals surface area contributed by atoms with Crippen molar-refractivity contribution in [3.63, 3.8) is 0 Å². The maximum Gasteiger partial charge on any atom is 0.287 e. The number of rotatable bonds is 4. The van der Waals surface area contributed by atoms with Gasteiger partial charge in [0.2, 0.25) is 11.8 Å². The molecule has 0 aromatic carbocycles. The number of allylic oxidation sites excluding steroid dienone is 2. The van der Waals surface area contributed by atoms with Gasteiger partial charge in [-0.25, -0.2) is 0 Å². The van der Waals surface area contributed by atoms with Gasteiger partial charge in [-0.15, -0.1) is 0 Å². The molecular weight excluding hydrogens is 382 g/mol. The molecule has 160 valence electrons. The number of amides is 3. The van der Waals surface area contributed by atoms with Gasteiger partial charge in [0.05, 0.1) is 18.7 Å². The van der Waals surface area contributed by atoms with Crippen molar-refractivity contribution in [3.8, 4) is 0 Å². The van der Waals surface area contributed by atoms with Gasteiger partial charge in [0.15, 0.2) is 5.76 Å². The Balaban J connectivity index is 1.26. The Bertz CT molecular complexity index is 863. The largest absolute Gasteiger partial charge is 0.459 e. The van der Waals surface area contributed by atoms with Crippen LogP contribution in [0.25, 0.3) is 0 Å². The fraction of sp³-hybridized carbons (Fsp3) is 0.522. The molecule has 3 heterocycles. The highest BCUT2D eigenvalue weighted by Crippen LogP contribution is 2.41. The number of nitrogens with zero attached hydrogens (tertiary/aromatic N) is 2. The van der Waals surface area contributed by atoms with E-state index in [0.29, 0.717) is 13.1 Å². The molecule has 1 spiro atoms. The molecule has 7 heteroatoms. The number of likely N-dealkylation sites (tertiary alicyclic amines) is 2. The van der Waals surface area contributed by atoms with Crippen molar-refractivity contribution in [1.29, 1.82) is 0 Å². The van der Waals surface area contributed by atoms with Gasteiger partial charge in [-0.1, -0.05) is 23.8 Å². The Labute approximate surface area is 176 Å². The predicted octanol–water partition coefficient (Wildman–Crippen LogP) is 2.37. The first kappa shape index (κ1) is 20.4. The number of nitrogens with one attached hydrogen (secondary N) is 1. The van der Waals surface area contributed by atoms with Gasteiger partial charge in [-0.3, -0.25) is 14.4 Å². The molecule has 30 heavy (non-hydrogen) atoms. The predicted molar refractivity (Wildman–Crippen MR) is 111 cm³/mol. The van der Waals surface area contributed by atoms with Crippen molar-refractivity contribution < 1.29 is 18.8 Å². The Morgan fingerprint density at radius 1 is 1.17 bits per heavy atom. The summed E-state index contributed by atoms with van der Waals surface area (Å²) in [4.78, 5) is 41.2. The van der Waals surface area contributed by atoms with Crippen molar-refractivity contribution in [3.05, 3.63) is 48.0 Å². The van der Waals surface area contributed by atoms with Crippen LogP contribution in [0.1, 0.15) is 43.2 Å². The van der Waals surface area contributed by atoms with Crippen molar-refractivity contribution in [1.82, 2.24) is 15.1 Å². The van der Waals surface area contributed by atoms with Gasteiger partial charge >= 0.3 is 0 Å². The maximum absolute atomic E-state index is 13.0. The molecule has 2 saturated heterocycles. The van der Waals surface area contributed by atoms with Crippen LogP contribution in [0.2, 0.25) is 0 Å². The van der Waals surface area contributed by atoms with E-state index >= 15 is 0 Å². The van der Waals surface area contributed by atoms with Crippen LogP contribution < -0.4 is 5.32 Å². The molecule has 1 atom stereocenters. The number of hydrogen-bond donors (Lipinski definition) is 1. The van der Waals surface area contributed by atoms with E-state index in [-0.39, 0.29) is 41.4 Å². The Morgan fingerprint density at radius 2 is 1.90 bits per heavy atom. The van der Waals surface area contributed by atoms with Gasteiger partial charge in [0.25, 0.3) is 5.91 Å². The maximum atomic E-state index is 13.0. The van der Waals surface area contributed by atoms with Crippen LogP contribution in [0.4, 0.5) is 0 Å². The second-order valence-electron chi connectivity index (χ2n) is 8.64. The molecule has 3 amide bonds. The molecule has 1 aromatic rings. The van der Waals surface area contributed by atoms with E-state index in [9.17, 15) is 14.4 Å². The summed E-state index contributed by atoms with van der Waals surface area (Å²) >= 11 is 0. The molecule has 1 aromatic heterocycles. The molecule has 4 rings (SSSR count). The first-order chi connectivity index (χ1) is 14.5. The quantitative estimate of drug-likeness (QED) is 0.771. The minimum absolute atomic E-state index is 0.0310. The standard InChI is InChI=1S/C23H29N3O4/c1-17-5-2-3-6-18(17)22(29)26-13-10-23(16-26)8-11-25(12-9-23)20(27)15-24-21(28)19-7-4-14-30-19/h3-7,14,18H,2,8-13,15-16H2,1H3,(H,24,28). The van der Waals surface area contributed by atoms with E-state index in [1.165, 1.54) is 6.26 Å².